The summed E-state index contributed by atoms with van der Waals surface area (Å²) in [5.74, 6) is -0.0647. The van der Waals surface area contributed by atoms with Crippen LogP contribution in [-0.4, -0.2) is 43.3 Å². The summed E-state index contributed by atoms with van der Waals surface area (Å²) in [6.45, 7) is 10.3. The molecule has 0 unspecified atom stereocenters. The number of Topliss-reactive ketones (excluding diaryl/α,β-unsaturated/α-hetero) is 1. The molecule has 0 saturated heterocycles. The Morgan fingerprint density at radius 3 is 2.43 bits per heavy atom. The molecule has 0 fully saturated rings. The van der Waals surface area contributed by atoms with E-state index in [9.17, 15) is 9.59 Å². The first-order valence-electron chi connectivity index (χ1n) is 9.93. The van der Waals surface area contributed by atoms with Crippen LogP contribution in [-0.2, 0) is 20.8 Å². The number of hydrogen-bond acceptors (Lipinski definition) is 5. The van der Waals surface area contributed by atoms with Crippen LogP contribution in [0.4, 0.5) is 0 Å². The number of ether oxygens (including phenoxy) is 3. The summed E-state index contributed by atoms with van der Waals surface area (Å²) in [6, 6.07) is 5.47. The van der Waals surface area contributed by atoms with Gasteiger partial charge in [0.1, 0.15) is 5.75 Å². The molecule has 2 aromatic rings. The van der Waals surface area contributed by atoms with E-state index in [0.29, 0.717) is 29.5 Å². The lowest BCUT2D eigenvalue weighted by Crippen LogP contribution is -2.20. The van der Waals surface area contributed by atoms with E-state index in [1.54, 1.807) is 7.11 Å². The van der Waals surface area contributed by atoms with Crippen LogP contribution >= 0.6 is 11.6 Å². The molecule has 0 N–H and O–H groups in total. The van der Waals surface area contributed by atoms with Gasteiger partial charge >= 0.3 is 5.97 Å². The summed E-state index contributed by atoms with van der Waals surface area (Å²) in [6.07, 6.45) is 0. The molecule has 1 heterocycles. The Kier molecular flexibility index (Phi) is 8.50. The standard InChI is InChI=1S/C23H30ClNO5/c1-14(2)18-11-20(24)15(3)9-22(18)29-13-23(27)30-12-21(26)19-10-16(4)25(17(19)5)7-8-28-6/h9-11,14H,7-8,12-13H2,1-6H3. The molecule has 164 valence electrons. The summed E-state index contributed by atoms with van der Waals surface area (Å²) in [5.41, 5.74) is 4.12. The topological polar surface area (TPSA) is 66.8 Å². The van der Waals surface area contributed by atoms with Crippen molar-refractivity contribution in [2.45, 2.75) is 47.1 Å². The lowest BCUT2D eigenvalue weighted by molar-refractivity contribution is -0.144. The summed E-state index contributed by atoms with van der Waals surface area (Å²) in [7, 11) is 1.64. The van der Waals surface area contributed by atoms with E-state index in [1.807, 2.05) is 57.4 Å². The van der Waals surface area contributed by atoms with E-state index in [1.165, 1.54) is 0 Å². The van der Waals surface area contributed by atoms with Gasteiger partial charge in [-0.2, -0.15) is 0 Å². The minimum absolute atomic E-state index is 0.184. The van der Waals surface area contributed by atoms with Gasteiger partial charge in [0.25, 0.3) is 0 Å². The molecule has 7 heteroatoms. The molecule has 0 aliphatic carbocycles. The SMILES string of the molecule is COCCn1c(C)cc(C(=O)COC(=O)COc2cc(C)c(Cl)cc2C(C)C)c1C. The lowest BCUT2D eigenvalue weighted by atomic mass is 10.0. The van der Waals surface area contributed by atoms with Gasteiger partial charge in [0.15, 0.2) is 13.2 Å². The summed E-state index contributed by atoms with van der Waals surface area (Å²) in [4.78, 5) is 24.7. The maximum atomic E-state index is 12.5. The molecule has 0 atom stereocenters. The first-order valence-corrected chi connectivity index (χ1v) is 10.3. The van der Waals surface area contributed by atoms with Crippen molar-refractivity contribution in [2.24, 2.45) is 0 Å². The molecule has 6 nitrogen and oxygen atoms in total. The Morgan fingerprint density at radius 1 is 1.10 bits per heavy atom. The highest BCUT2D eigenvalue weighted by Crippen LogP contribution is 2.32. The molecule has 1 aromatic carbocycles. The number of carbonyl (C=O) groups is 2. The molecule has 0 aliphatic rings. The number of halogens is 1. The third kappa shape index (κ3) is 5.86. The summed E-state index contributed by atoms with van der Waals surface area (Å²) in [5, 5.41) is 0.655. The number of methoxy groups -OCH3 is 1. The molecule has 30 heavy (non-hydrogen) atoms. The number of carbonyl (C=O) groups excluding carboxylic acids is 2. The molecule has 0 spiro atoms. The number of benzene rings is 1. The minimum atomic E-state index is -0.598. The van der Waals surface area contributed by atoms with Crippen molar-refractivity contribution in [3.63, 3.8) is 0 Å². The maximum Gasteiger partial charge on any atom is 0.344 e. The highest BCUT2D eigenvalue weighted by molar-refractivity contribution is 6.31. The quantitative estimate of drug-likeness (QED) is 0.401. The number of aromatic nitrogens is 1. The number of ketones is 1. The van der Waals surface area contributed by atoms with Gasteiger partial charge in [-0.25, -0.2) is 4.79 Å². The molecule has 0 radical (unpaired) electrons. The number of hydrogen-bond donors (Lipinski definition) is 0. The summed E-state index contributed by atoms with van der Waals surface area (Å²) < 4.78 is 17.9. The van der Waals surface area contributed by atoms with Crippen LogP contribution < -0.4 is 4.74 Å². The van der Waals surface area contributed by atoms with Crippen LogP contribution in [0.5, 0.6) is 5.75 Å². The Labute approximate surface area is 183 Å². The number of nitrogens with zero attached hydrogens (tertiary/aromatic N) is 1. The first-order chi connectivity index (χ1) is 14.1. The van der Waals surface area contributed by atoms with E-state index in [2.05, 4.69) is 0 Å². The largest absolute Gasteiger partial charge is 0.482 e. The zero-order chi connectivity index (χ0) is 22.4. The second kappa shape index (κ2) is 10.6. The van der Waals surface area contributed by atoms with Crippen molar-refractivity contribution in [3.8, 4) is 5.75 Å². The van der Waals surface area contributed by atoms with Gasteiger partial charge < -0.3 is 18.8 Å². The number of aryl methyl sites for hydroxylation is 2. The van der Waals surface area contributed by atoms with Gasteiger partial charge in [-0.15, -0.1) is 0 Å². The minimum Gasteiger partial charge on any atom is -0.482 e. The van der Waals surface area contributed by atoms with Gasteiger partial charge in [0, 0.05) is 35.6 Å². The predicted octanol–water partition coefficient (Wildman–Crippen LogP) is 4.64. The van der Waals surface area contributed by atoms with E-state index < -0.39 is 5.97 Å². The first kappa shape index (κ1) is 24.0. The van der Waals surface area contributed by atoms with Crippen LogP contribution in [0.2, 0.25) is 5.02 Å². The average Bonchev–Trinajstić information content (AvgIpc) is 2.98. The van der Waals surface area contributed by atoms with E-state index in [-0.39, 0.29) is 24.9 Å². The smallest absolute Gasteiger partial charge is 0.344 e. The van der Waals surface area contributed by atoms with E-state index in [0.717, 1.165) is 22.5 Å². The predicted molar refractivity (Wildman–Crippen MR) is 117 cm³/mol. The van der Waals surface area contributed by atoms with E-state index in [4.69, 9.17) is 25.8 Å². The van der Waals surface area contributed by atoms with Crippen molar-refractivity contribution in [1.29, 1.82) is 0 Å². The Balaban J connectivity index is 1.96. The van der Waals surface area contributed by atoms with Gasteiger partial charge in [-0.3, -0.25) is 4.79 Å². The van der Waals surface area contributed by atoms with Crippen molar-refractivity contribution >= 4 is 23.4 Å². The summed E-state index contributed by atoms with van der Waals surface area (Å²) >= 11 is 6.20. The molecule has 0 bridgehead atoms. The van der Waals surface area contributed by atoms with Gasteiger partial charge in [0.05, 0.1) is 6.61 Å². The third-order valence-corrected chi connectivity index (χ3v) is 5.42. The second-order valence-corrected chi connectivity index (χ2v) is 8.00. The zero-order valence-corrected chi connectivity index (χ0v) is 19.3. The Bertz CT molecular complexity index is 917. The normalized spacial score (nSPS) is 11.1. The van der Waals surface area contributed by atoms with Gasteiger partial charge in [-0.1, -0.05) is 25.4 Å². The van der Waals surface area contributed by atoms with Crippen LogP contribution in [0.25, 0.3) is 0 Å². The molecule has 0 aliphatic heterocycles. The van der Waals surface area contributed by atoms with Crippen molar-refractivity contribution in [2.75, 3.05) is 26.9 Å². The second-order valence-electron chi connectivity index (χ2n) is 7.60. The van der Waals surface area contributed by atoms with Crippen LogP contribution in [0, 0.1) is 20.8 Å². The highest BCUT2D eigenvalue weighted by Gasteiger charge is 2.18. The molecule has 1 aromatic heterocycles. The molecule has 2 rings (SSSR count). The van der Waals surface area contributed by atoms with Gasteiger partial charge in [0.2, 0.25) is 5.78 Å². The molecule has 0 saturated carbocycles. The van der Waals surface area contributed by atoms with Crippen LogP contribution in [0.1, 0.15) is 52.6 Å². The number of esters is 1. The fourth-order valence-electron chi connectivity index (χ4n) is 3.26. The number of rotatable bonds is 10. The van der Waals surface area contributed by atoms with Crippen molar-refractivity contribution in [1.82, 2.24) is 4.57 Å². The fraction of sp³-hybridized carbons (Fsp3) is 0.478. The third-order valence-electron chi connectivity index (χ3n) is 5.02. The van der Waals surface area contributed by atoms with Gasteiger partial charge in [-0.05, 0) is 56.0 Å². The van der Waals surface area contributed by atoms with Crippen LogP contribution in [0.15, 0.2) is 18.2 Å². The highest BCUT2D eigenvalue weighted by atomic mass is 35.5. The van der Waals surface area contributed by atoms with Crippen LogP contribution in [0.3, 0.4) is 0 Å². The van der Waals surface area contributed by atoms with Crippen molar-refractivity contribution < 1.29 is 23.8 Å². The lowest BCUT2D eigenvalue weighted by Gasteiger charge is -2.15. The fourth-order valence-corrected chi connectivity index (χ4v) is 3.43. The zero-order valence-electron chi connectivity index (χ0n) is 18.5. The molecular formula is C23H30ClNO5. The average molecular weight is 436 g/mol. The molecular weight excluding hydrogens is 406 g/mol. The monoisotopic (exact) mass is 435 g/mol. The Morgan fingerprint density at radius 2 is 1.80 bits per heavy atom. The maximum absolute atomic E-state index is 12.5. The van der Waals surface area contributed by atoms with Crippen molar-refractivity contribution in [3.05, 3.63) is 51.3 Å². The Hall–Kier alpha value is -2.31. The van der Waals surface area contributed by atoms with E-state index >= 15 is 0 Å². The molecule has 0 amide bonds.